The summed E-state index contributed by atoms with van der Waals surface area (Å²) in [5, 5.41) is 3.47. The number of sulfonamides is 1. The third-order valence-corrected chi connectivity index (χ3v) is 7.91. The molecule has 0 amide bonds. The lowest BCUT2D eigenvalue weighted by molar-refractivity contribution is -0.115. The fourth-order valence-electron chi connectivity index (χ4n) is 4.80. The molecular weight excluding hydrogens is 360 g/mol. The van der Waals surface area contributed by atoms with Crippen molar-refractivity contribution in [2.24, 2.45) is 0 Å². The highest BCUT2D eigenvalue weighted by atomic mass is 32.2. The summed E-state index contributed by atoms with van der Waals surface area (Å²) in [5.74, 6) is -0.0306. The van der Waals surface area contributed by atoms with Crippen molar-refractivity contribution < 1.29 is 13.2 Å². The molecule has 2 atom stereocenters. The number of para-hydroxylation sites is 1. The van der Waals surface area contributed by atoms with Gasteiger partial charge in [0.25, 0.3) is 10.0 Å². The standard InChI is InChI=1S/C21H20N2O3S/c1-14-6-8-16(9-7-14)27(25,26)23-11-10-21-17-4-2-3-5-18(17)22-19(21)12-15(24)13-20(21)23/h2-9,13,19,22H,10-12H2,1H3/t19-,21-/m0/s1. The Morgan fingerprint density at radius 2 is 1.85 bits per heavy atom. The number of allylic oxidation sites excluding steroid dienone is 1. The number of fused-ring (bicyclic) bond motifs is 1. The SMILES string of the molecule is Cc1ccc(S(=O)(=O)N2CC[C@@]34C2=CC(=O)C[C@@H]3Nc2ccccc24)cc1. The van der Waals surface area contributed by atoms with Crippen molar-refractivity contribution in [1.29, 1.82) is 0 Å². The van der Waals surface area contributed by atoms with Crippen LogP contribution in [0.1, 0.15) is 24.0 Å². The van der Waals surface area contributed by atoms with Gasteiger partial charge >= 0.3 is 0 Å². The van der Waals surface area contributed by atoms with E-state index in [4.69, 9.17) is 0 Å². The van der Waals surface area contributed by atoms with Crippen molar-refractivity contribution in [2.75, 3.05) is 11.9 Å². The maximum atomic E-state index is 13.4. The Hall–Kier alpha value is -2.60. The second kappa shape index (κ2) is 5.45. The highest BCUT2D eigenvalue weighted by Crippen LogP contribution is 2.56. The van der Waals surface area contributed by atoms with Crippen LogP contribution in [-0.4, -0.2) is 31.1 Å². The molecule has 0 radical (unpaired) electrons. The summed E-state index contributed by atoms with van der Waals surface area (Å²) < 4.78 is 28.2. The summed E-state index contributed by atoms with van der Waals surface area (Å²) in [5.41, 5.74) is 3.25. The van der Waals surface area contributed by atoms with Crippen molar-refractivity contribution in [3.8, 4) is 0 Å². The number of hydrogen-bond donors (Lipinski definition) is 1. The zero-order valence-electron chi connectivity index (χ0n) is 15.0. The van der Waals surface area contributed by atoms with E-state index in [0.29, 0.717) is 25.1 Å². The van der Waals surface area contributed by atoms with Gasteiger partial charge in [-0.15, -0.1) is 0 Å². The van der Waals surface area contributed by atoms with Gasteiger partial charge in [-0.1, -0.05) is 35.9 Å². The van der Waals surface area contributed by atoms with Crippen LogP contribution in [0.2, 0.25) is 0 Å². The van der Waals surface area contributed by atoms with E-state index in [1.165, 1.54) is 4.31 Å². The number of aryl methyl sites for hydroxylation is 1. The number of carbonyl (C=O) groups excluding carboxylic acids is 1. The molecule has 5 rings (SSSR count). The van der Waals surface area contributed by atoms with Gasteiger partial charge in [0.1, 0.15) is 0 Å². The van der Waals surface area contributed by atoms with Gasteiger partial charge in [-0.3, -0.25) is 9.10 Å². The van der Waals surface area contributed by atoms with Gasteiger partial charge in [-0.25, -0.2) is 8.42 Å². The minimum Gasteiger partial charge on any atom is -0.380 e. The van der Waals surface area contributed by atoms with Crippen LogP contribution in [0.15, 0.2) is 65.2 Å². The average Bonchev–Trinajstić information content (AvgIpc) is 3.18. The minimum absolute atomic E-state index is 0.0306. The molecule has 2 aromatic rings. The van der Waals surface area contributed by atoms with Crippen molar-refractivity contribution in [1.82, 2.24) is 4.31 Å². The molecule has 0 bridgehead atoms. The third-order valence-electron chi connectivity index (χ3n) is 6.08. The van der Waals surface area contributed by atoms with Gasteiger partial charge < -0.3 is 5.32 Å². The predicted octanol–water partition coefficient (Wildman–Crippen LogP) is 2.98. The van der Waals surface area contributed by atoms with Crippen LogP contribution >= 0.6 is 0 Å². The second-order valence-electron chi connectivity index (χ2n) is 7.55. The van der Waals surface area contributed by atoms with Gasteiger partial charge in [0, 0.05) is 36.5 Å². The van der Waals surface area contributed by atoms with Crippen molar-refractivity contribution in [3.63, 3.8) is 0 Å². The number of rotatable bonds is 2. The smallest absolute Gasteiger partial charge is 0.264 e. The largest absolute Gasteiger partial charge is 0.380 e. The number of anilines is 1. The Labute approximate surface area is 158 Å². The molecule has 1 spiro atoms. The molecule has 27 heavy (non-hydrogen) atoms. The lowest BCUT2D eigenvalue weighted by atomic mass is 9.69. The number of carbonyl (C=O) groups is 1. The van der Waals surface area contributed by atoms with Gasteiger partial charge in [-0.2, -0.15) is 0 Å². The lowest BCUT2D eigenvalue weighted by Crippen LogP contribution is -2.45. The zero-order valence-corrected chi connectivity index (χ0v) is 15.8. The molecular formula is C21H20N2O3S. The maximum absolute atomic E-state index is 13.4. The van der Waals surface area contributed by atoms with Crippen LogP contribution < -0.4 is 5.32 Å². The Morgan fingerprint density at radius 3 is 2.63 bits per heavy atom. The van der Waals surface area contributed by atoms with Gasteiger partial charge in [0.2, 0.25) is 0 Å². The Kier molecular flexibility index (Phi) is 3.35. The molecule has 5 nitrogen and oxygen atoms in total. The summed E-state index contributed by atoms with van der Waals surface area (Å²) in [4.78, 5) is 12.7. The predicted molar refractivity (Wildman–Crippen MR) is 103 cm³/mol. The van der Waals surface area contributed by atoms with E-state index in [-0.39, 0.29) is 16.7 Å². The van der Waals surface area contributed by atoms with Crippen LogP contribution in [-0.2, 0) is 20.2 Å². The molecule has 3 aliphatic rings. The molecule has 1 aliphatic carbocycles. The summed E-state index contributed by atoms with van der Waals surface area (Å²) in [7, 11) is -3.71. The molecule has 0 aromatic heterocycles. The Bertz CT molecular complexity index is 1090. The number of ketones is 1. The van der Waals surface area contributed by atoms with E-state index >= 15 is 0 Å². The number of nitrogens with one attached hydrogen (secondary N) is 1. The van der Waals surface area contributed by atoms with Gasteiger partial charge in [-0.05, 0) is 37.1 Å². The summed E-state index contributed by atoms with van der Waals surface area (Å²) in [6, 6.07) is 14.8. The average molecular weight is 380 g/mol. The third kappa shape index (κ3) is 2.16. The molecule has 2 aromatic carbocycles. The second-order valence-corrected chi connectivity index (χ2v) is 9.42. The zero-order chi connectivity index (χ0) is 18.8. The molecule has 2 heterocycles. The Balaban J connectivity index is 1.66. The number of benzene rings is 2. The number of hydrogen-bond acceptors (Lipinski definition) is 4. The Morgan fingerprint density at radius 1 is 1.11 bits per heavy atom. The van der Waals surface area contributed by atoms with E-state index in [2.05, 4.69) is 5.32 Å². The van der Waals surface area contributed by atoms with E-state index in [1.54, 1.807) is 30.3 Å². The van der Waals surface area contributed by atoms with E-state index < -0.39 is 15.4 Å². The quantitative estimate of drug-likeness (QED) is 0.870. The van der Waals surface area contributed by atoms with Crippen molar-refractivity contribution >= 4 is 21.5 Å². The molecule has 1 N–H and O–H groups in total. The van der Waals surface area contributed by atoms with Crippen LogP contribution in [0.4, 0.5) is 5.69 Å². The first kappa shape index (κ1) is 16.6. The number of nitrogens with zero attached hydrogens (tertiary/aromatic N) is 1. The minimum atomic E-state index is -3.71. The molecule has 0 unspecified atom stereocenters. The summed E-state index contributed by atoms with van der Waals surface area (Å²) >= 11 is 0. The van der Waals surface area contributed by atoms with Crippen molar-refractivity contribution in [3.05, 3.63) is 71.4 Å². The lowest BCUT2D eigenvalue weighted by Gasteiger charge is -2.37. The highest BCUT2D eigenvalue weighted by molar-refractivity contribution is 7.89. The van der Waals surface area contributed by atoms with Crippen LogP contribution in [0.3, 0.4) is 0 Å². The van der Waals surface area contributed by atoms with E-state index in [0.717, 1.165) is 16.8 Å². The normalized spacial score (nSPS) is 26.1. The summed E-state index contributed by atoms with van der Waals surface area (Å²) in [6.45, 7) is 2.30. The maximum Gasteiger partial charge on any atom is 0.264 e. The molecule has 1 saturated heterocycles. The topological polar surface area (TPSA) is 66.5 Å². The van der Waals surface area contributed by atoms with Crippen LogP contribution in [0, 0.1) is 6.92 Å². The first-order chi connectivity index (χ1) is 12.9. The molecule has 1 fully saturated rings. The fourth-order valence-corrected chi connectivity index (χ4v) is 6.34. The van der Waals surface area contributed by atoms with Gasteiger partial charge in [0.05, 0.1) is 10.3 Å². The van der Waals surface area contributed by atoms with Crippen LogP contribution in [0.25, 0.3) is 0 Å². The highest BCUT2D eigenvalue weighted by Gasteiger charge is 2.58. The van der Waals surface area contributed by atoms with E-state index in [1.807, 2.05) is 31.2 Å². The van der Waals surface area contributed by atoms with Crippen molar-refractivity contribution in [2.45, 2.75) is 36.1 Å². The molecule has 0 saturated carbocycles. The molecule has 6 heteroatoms. The van der Waals surface area contributed by atoms with Crippen LogP contribution in [0.5, 0.6) is 0 Å². The molecule has 2 aliphatic heterocycles. The molecule has 138 valence electrons. The monoisotopic (exact) mass is 380 g/mol. The first-order valence-corrected chi connectivity index (χ1v) is 10.6. The fraction of sp³-hybridized carbons (Fsp3) is 0.286. The summed E-state index contributed by atoms with van der Waals surface area (Å²) in [6.07, 6.45) is 2.61. The van der Waals surface area contributed by atoms with E-state index in [9.17, 15) is 13.2 Å². The first-order valence-electron chi connectivity index (χ1n) is 9.13. The van der Waals surface area contributed by atoms with Gasteiger partial charge in [0.15, 0.2) is 5.78 Å².